The van der Waals surface area contributed by atoms with Crippen LogP contribution in [0, 0.1) is 0 Å². The average Bonchev–Trinajstić information content (AvgIpc) is 3.03. The van der Waals surface area contributed by atoms with Crippen molar-refractivity contribution in [1.82, 2.24) is 4.98 Å². The molecule has 0 bridgehead atoms. The topological polar surface area (TPSA) is 36.4 Å². The number of benzene rings is 1. The number of phenolic OH excluding ortho intramolecular Hbond substituents is 1. The number of nitrogens with zero attached hydrogens (tertiary/aromatic N) is 2. The van der Waals surface area contributed by atoms with E-state index in [2.05, 4.69) is 9.88 Å². The number of hydrogen-bond acceptors (Lipinski definition) is 4. The normalized spacial score (nSPS) is 15.2. The quantitative estimate of drug-likeness (QED) is 0.891. The van der Waals surface area contributed by atoms with Crippen molar-refractivity contribution in [2.45, 2.75) is 12.8 Å². The lowest BCUT2D eigenvalue weighted by Crippen LogP contribution is -2.17. The van der Waals surface area contributed by atoms with Crippen molar-refractivity contribution in [3.63, 3.8) is 0 Å². The zero-order valence-electron chi connectivity index (χ0n) is 10.1. The van der Waals surface area contributed by atoms with Crippen LogP contribution in [0.1, 0.15) is 12.8 Å². The van der Waals surface area contributed by atoms with Gasteiger partial charge < -0.3 is 10.0 Å². The molecule has 1 fully saturated rings. The first kappa shape index (κ1) is 13.0. The third-order valence-electron chi connectivity index (χ3n) is 3.17. The molecule has 0 radical (unpaired) electrons. The number of phenols is 1. The van der Waals surface area contributed by atoms with Gasteiger partial charge in [0, 0.05) is 29.1 Å². The lowest BCUT2D eigenvalue weighted by Gasteiger charge is -2.12. The third-order valence-corrected chi connectivity index (χ3v) is 4.58. The van der Waals surface area contributed by atoms with E-state index >= 15 is 0 Å². The Morgan fingerprint density at radius 3 is 2.68 bits per heavy atom. The molecule has 0 aliphatic carbocycles. The molecule has 100 valence electrons. The molecule has 0 saturated carbocycles. The number of hydrogen-bond donors (Lipinski definition) is 1. The van der Waals surface area contributed by atoms with Crippen molar-refractivity contribution in [1.29, 1.82) is 0 Å². The monoisotopic (exact) mass is 314 g/mol. The predicted octanol–water partition coefficient (Wildman–Crippen LogP) is 4.42. The molecule has 2 heterocycles. The first-order chi connectivity index (χ1) is 9.15. The van der Waals surface area contributed by atoms with Crippen LogP contribution in [0.3, 0.4) is 0 Å². The molecule has 6 heteroatoms. The molecular weight excluding hydrogens is 303 g/mol. The van der Waals surface area contributed by atoms with E-state index in [-0.39, 0.29) is 10.8 Å². The predicted molar refractivity (Wildman–Crippen MR) is 80.7 cm³/mol. The third kappa shape index (κ3) is 2.53. The largest absolute Gasteiger partial charge is 0.506 e. The summed E-state index contributed by atoms with van der Waals surface area (Å²) in [6.45, 7) is 2.10. The maximum absolute atomic E-state index is 10.0. The summed E-state index contributed by atoms with van der Waals surface area (Å²) in [5, 5.41) is 13.7. The van der Waals surface area contributed by atoms with Crippen molar-refractivity contribution in [2.75, 3.05) is 18.0 Å². The van der Waals surface area contributed by atoms with Crippen molar-refractivity contribution in [3.8, 4) is 17.0 Å². The van der Waals surface area contributed by atoms with Crippen LogP contribution in [0.15, 0.2) is 17.5 Å². The van der Waals surface area contributed by atoms with Gasteiger partial charge in [0.25, 0.3) is 0 Å². The van der Waals surface area contributed by atoms with E-state index in [9.17, 15) is 5.11 Å². The first-order valence-corrected chi connectivity index (χ1v) is 7.67. The number of aromatic hydroxyl groups is 1. The highest BCUT2D eigenvalue weighted by atomic mass is 35.5. The molecule has 3 rings (SSSR count). The van der Waals surface area contributed by atoms with E-state index in [1.165, 1.54) is 18.9 Å². The fourth-order valence-corrected chi connectivity index (χ4v) is 3.58. The molecule has 2 aromatic rings. The minimum Gasteiger partial charge on any atom is -0.506 e. The summed E-state index contributed by atoms with van der Waals surface area (Å²) >= 11 is 13.5. The maximum atomic E-state index is 10.0. The van der Waals surface area contributed by atoms with E-state index in [0.29, 0.717) is 16.3 Å². The van der Waals surface area contributed by atoms with Crippen LogP contribution < -0.4 is 4.90 Å². The van der Waals surface area contributed by atoms with Crippen molar-refractivity contribution in [2.24, 2.45) is 0 Å². The summed E-state index contributed by atoms with van der Waals surface area (Å²) in [4.78, 5) is 6.83. The molecular formula is C13H12Cl2N2OS. The Balaban J connectivity index is 1.98. The Morgan fingerprint density at radius 2 is 1.95 bits per heavy atom. The average molecular weight is 315 g/mol. The van der Waals surface area contributed by atoms with Crippen LogP contribution in [0.2, 0.25) is 10.0 Å². The molecule has 1 N–H and O–H groups in total. The van der Waals surface area contributed by atoms with Gasteiger partial charge in [-0.1, -0.05) is 23.2 Å². The molecule has 1 saturated heterocycles. The summed E-state index contributed by atoms with van der Waals surface area (Å²) in [5.41, 5.74) is 1.30. The zero-order chi connectivity index (χ0) is 13.4. The van der Waals surface area contributed by atoms with E-state index in [1.54, 1.807) is 17.4 Å². The van der Waals surface area contributed by atoms with Crippen LogP contribution in [0.5, 0.6) is 5.75 Å². The minimum atomic E-state index is 0.0318. The second kappa shape index (κ2) is 5.19. The van der Waals surface area contributed by atoms with Gasteiger partial charge in [0.2, 0.25) is 0 Å². The summed E-state index contributed by atoms with van der Waals surface area (Å²) in [7, 11) is 0. The molecule has 1 aromatic carbocycles. The molecule has 1 aliphatic heterocycles. The summed E-state index contributed by atoms with van der Waals surface area (Å²) < 4.78 is 0. The van der Waals surface area contributed by atoms with E-state index in [4.69, 9.17) is 23.2 Å². The van der Waals surface area contributed by atoms with Crippen LogP contribution in [0.25, 0.3) is 11.3 Å². The molecule has 1 aliphatic rings. The molecule has 0 spiro atoms. The van der Waals surface area contributed by atoms with E-state index in [0.717, 1.165) is 18.2 Å². The molecule has 0 amide bonds. The van der Waals surface area contributed by atoms with Gasteiger partial charge >= 0.3 is 0 Å². The van der Waals surface area contributed by atoms with Crippen molar-refractivity contribution < 1.29 is 5.11 Å². The Kier molecular flexibility index (Phi) is 3.56. The number of anilines is 1. The van der Waals surface area contributed by atoms with Crippen LogP contribution in [-0.4, -0.2) is 23.2 Å². The summed E-state index contributed by atoms with van der Waals surface area (Å²) in [6.07, 6.45) is 2.42. The van der Waals surface area contributed by atoms with Crippen molar-refractivity contribution >= 4 is 39.7 Å². The van der Waals surface area contributed by atoms with Gasteiger partial charge in [0.15, 0.2) is 5.13 Å². The molecule has 3 nitrogen and oxygen atoms in total. The zero-order valence-corrected chi connectivity index (χ0v) is 12.4. The molecule has 19 heavy (non-hydrogen) atoms. The highest BCUT2D eigenvalue weighted by molar-refractivity contribution is 7.14. The molecule has 1 aromatic heterocycles. The highest BCUT2D eigenvalue weighted by Crippen LogP contribution is 2.39. The van der Waals surface area contributed by atoms with Gasteiger partial charge in [-0.2, -0.15) is 0 Å². The van der Waals surface area contributed by atoms with Crippen LogP contribution in [-0.2, 0) is 0 Å². The Morgan fingerprint density at radius 1 is 1.21 bits per heavy atom. The fourth-order valence-electron chi connectivity index (χ4n) is 2.20. The smallest absolute Gasteiger partial charge is 0.185 e. The number of aromatic nitrogens is 1. The van der Waals surface area contributed by atoms with Gasteiger partial charge in [-0.15, -0.1) is 11.3 Å². The van der Waals surface area contributed by atoms with Gasteiger partial charge in [-0.05, 0) is 25.0 Å². The highest BCUT2D eigenvalue weighted by Gasteiger charge is 2.18. The summed E-state index contributed by atoms with van der Waals surface area (Å²) in [5.74, 6) is 0.0318. The van der Waals surface area contributed by atoms with Gasteiger partial charge in [0.1, 0.15) is 5.75 Å². The Labute approximate surface area is 125 Å². The lowest BCUT2D eigenvalue weighted by atomic mass is 10.1. The van der Waals surface area contributed by atoms with Gasteiger partial charge in [-0.25, -0.2) is 4.98 Å². The minimum absolute atomic E-state index is 0.0318. The SMILES string of the molecule is Oc1c(Cl)cc(Cl)cc1-c1csc(N2CCCC2)n1. The number of rotatable bonds is 2. The fraction of sp³-hybridized carbons (Fsp3) is 0.308. The first-order valence-electron chi connectivity index (χ1n) is 6.04. The number of thiazole rings is 1. The van der Waals surface area contributed by atoms with E-state index in [1.807, 2.05) is 5.38 Å². The standard InChI is InChI=1S/C13H12Cl2N2OS/c14-8-5-9(12(18)10(15)6-8)11-7-19-13(16-11)17-3-1-2-4-17/h5-7,18H,1-4H2. The van der Waals surface area contributed by atoms with Crippen LogP contribution >= 0.6 is 34.5 Å². The van der Waals surface area contributed by atoms with Crippen LogP contribution in [0.4, 0.5) is 5.13 Å². The molecule has 0 unspecified atom stereocenters. The Hall–Kier alpha value is -0.970. The Bertz CT molecular complexity index is 609. The molecule has 0 atom stereocenters. The lowest BCUT2D eigenvalue weighted by molar-refractivity contribution is 0.477. The van der Waals surface area contributed by atoms with Crippen molar-refractivity contribution in [3.05, 3.63) is 27.6 Å². The second-order valence-corrected chi connectivity index (χ2v) is 6.17. The maximum Gasteiger partial charge on any atom is 0.185 e. The number of halogens is 2. The summed E-state index contributed by atoms with van der Waals surface area (Å²) in [6, 6.07) is 3.21. The second-order valence-electron chi connectivity index (χ2n) is 4.49. The van der Waals surface area contributed by atoms with Gasteiger partial charge in [0.05, 0.1) is 10.7 Å². The van der Waals surface area contributed by atoms with Gasteiger partial charge in [-0.3, -0.25) is 0 Å². The van der Waals surface area contributed by atoms with E-state index < -0.39 is 0 Å².